The molecule has 2 unspecified atom stereocenters. The maximum atomic E-state index is 12.5. The van der Waals surface area contributed by atoms with Gasteiger partial charge in [0, 0.05) is 13.1 Å². The lowest BCUT2D eigenvalue weighted by Crippen LogP contribution is -2.38. The van der Waals surface area contributed by atoms with E-state index in [1.807, 2.05) is 51.1 Å². The first-order valence-electron chi connectivity index (χ1n) is 12.9. The monoisotopic (exact) mass is 531 g/mol. The van der Waals surface area contributed by atoms with Crippen LogP contribution in [-0.2, 0) is 14.3 Å². The number of nitrogens with zero attached hydrogens (tertiary/aromatic N) is 4. The number of rotatable bonds is 8. The number of carbonyl (C=O) groups is 2. The number of nitriles is 1. The maximum Gasteiger partial charge on any atom is 0.306 e. The molecule has 2 fully saturated rings. The normalized spacial score (nSPS) is 18.2. The second-order valence-corrected chi connectivity index (χ2v) is 12.0. The van der Waals surface area contributed by atoms with E-state index in [2.05, 4.69) is 15.8 Å². The highest BCUT2D eigenvalue weighted by atomic mass is 32.2. The first kappa shape index (κ1) is 27.5. The van der Waals surface area contributed by atoms with E-state index in [0.717, 1.165) is 48.6 Å². The van der Waals surface area contributed by atoms with Gasteiger partial charge in [0.1, 0.15) is 27.8 Å². The lowest BCUT2D eigenvalue weighted by atomic mass is 9.94. The number of carbonyl (C=O) groups excluding carboxylic acids is 2. The van der Waals surface area contributed by atoms with Crippen molar-refractivity contribution in [2.45, 2.75) is 74.7 Å². The molecule has 0 spiro atoms. The number of piperidine rings is 1. The van der Waals surface area contributed by atoms with E-state index < -0.39 is 16.8 Å². The number of thioether (sulfide) groups is 1. The molecular weight excluding hydrogens is 498 g/mol. The highest BCUT2D eigenvalue weighted by Gasteiger charge is 2.36. The van der Waals surface area contributed by atoms with Crippen LogP contribution in [0.25, 0.3) is 4.85 Å². The summed E-state index contributed by atoms with van der Waals surface area (Å²) in [5.41, 5.74) is 7.46. The molecule has 4 rings (SSSR count). The summed E-state index contributed by atoms with van der Waals surface area (Å²) in [7, 11) is 0. The van der Waals surface area contributed by atoms with Gasteiger partial charge in [0.25, 0.3) is 0 Å². The molecule has 2 aromatic rings. The van der Waals surface area contributed by atoms with Gasteiger partial charge in [0.15, 0.2) is 0 Å². The van der Waals surface area contributed by atoms with Crippen LogP contribution in [0.1, 0.15) is 80.7 Å². The molecule has 9 heteroatoms. The van der Waals surface area contributed by atoms with Crippen molar-refractivity contribution in [3.05, 3.63) is 58.4 Å². The number of amides is 1. The number of ether oxygens (including phenoxy) is 1. The number of aromatic nitrogens is 1. The van der Waals surface area contributed by atoms with E-state index in [0.29, 0.717) is 41.6 Å². The largest absolute Gasteiger partial charge is 0.460 e. The molecular formula is C29H33N5O3S. The van der Waals surface area contributed by atoms with Crippen LogP contribution in [-0.4, -0.2) is 35.6 Å². The summed E-state index contributed by atoms with van der Waals surface area (Å²) in [6.45, 7) is 14.8. The number of hydrogen-bond donors (Lipinski definition) is 1. The molecule has 1 amide bonds. The van der Waals surface area contributed by atoms with E-state index in [-0.39, 0.29) is 17.8 Å². The first-order valence-corrected chi connectivity index (χ1v) is 13.8. The Morgan fingerprint density at radius 2 is 2.00 bits per heavy atom. The Morgan fingerprint density at radius 3 is 2.58 bits per heavy atom. The minimum Gasteiger partial charge on any atom is -0.460 e. The van der Waals surface area contributed by atoms with E-state index >= 15 is 0 Å². The summed E-state index contributed by atoms with van der Waals surface area (Å²) in [5, 5.41) is 9.86. The van der Waals surface area contributed by atoms with Crippen molar-refractivity contribution in [3.8, 4) is 6.07 Å². The fourth-order valence-corrected chi connectivity index (χ4v) is 5.97. The summed E-state index contributed by atoms with van der Waals surface area (Å²) in [4.78, 5) is 35.8. The molecule has 0 radical (unpaired) electrons. The number of pyridine rings is 1. The van der Waals surface area contributed by atoms with Crippen LogP contribution in [0.4, 0.5) is 11.5 Å². The van der Waals surface area contributed by atoms with E-state index in [4.69, 9.17) is 22.0 Å². The van der Waals surface area contributed by atoms with Crippen LogP contribution in [0, 0.1) is 23.8 Å². The van der Waals surface area contributed by atoms with Crippen molar-refractivity contribution in [1.29, 1.82) is 5.26 Å². The summed E-state index contributed by atoms with van der Waals surface area (Å²) in [5.74, 6) is -0.0389. The highest BCUT2D eigenvalue weighted by molar-refractivity contribution is 8.00. The van der Waals surface area contributed by atoms with Crippen LogP contribution >= 0.6 is 11.8 Å². The standard InChI is InChI=1S/C29H33N5O3S/c1-29(2,3)37-22(35)15-18-9-8-14-34(17-18)27-24(32-4)23(19-12-13-19)21(16-30)28(33-27)38-25(26(31)36)20-10-6-5-7-11-20/h5-7,10-11,18-19,25H,8-9,12-15,17H2,1-3H3,(H2,31,36). The van der Waals surface area contributed by atoms with Crippen LogP contribution in [0.5, 0.6) is 0 Å². The smallest absolute Gasteiger partial charge is 0.306 e. The Bertz CT molecular complexity index is 1290. The number of anilines is 1. The number of hydrogen-bond acceptors (Lipinski definition) is 7. The molecule has 1 saturated heterocycles. The molecule has 1 saturated carbocycles. The molecule has 1 aliphatic heterocycles. The van der Waals surface area contributed by atoms with Gasteiger partial charge < -0.3 is 15.4 Å². The Labute approximate surface area is 228 Å². The molecule has 198 valence electrons. The van der Waals surface area contributed by atoms with Crippen molar-refractivity contribution in [2.24, 2.45) is 11.7 Å². The molecule has 38 heavy (non-hydrogen) atoms. The van der Waals surface area contributed by atoms with E-state index in [1.54, 1.807) is 0 Å². The SMILES string of the molecule is [C-]#[N+]c1c(N2CCCC(CC(=O)OC(C)(C)C)C2)nc(SC(C(N)=O)c2ccccc2)c(C#N)c1C1CC1. The van der Waals surface area contributed by atoms with Gasteiger partial charge in [0.2, 0.25) is 11.6 Å². The third-order valence-electron chi connectivity index (χ3n) is 6.65. The van der Waals surface area contributed by atoms with Gasteiger partial charge in [-0.05, 0) is 69.4 Å². The topological polar surface area (TPSA) is 114 Å². The first-order chi connectivity index (χ1) is 18.1. The van der Waals surface area contributed by atoms with Crippen LogP contribution in [0.15, 0.2) is 35.4 Å². The average molecular weight is 532 g/mol. The number of esters is 1. The zero-order chi connectivity index (χ0) is 27.4. The third-order valence-corrected chi connectivity index (χ3v) is 7.91. The van der Waals surface area contributed by atoms with E-state index in [9.17, 15) is 14.9 Å². The van der Waals surface area contributed by atoms with Crippen LogP contribution < -0.4 is 10.6 Å². The molecule has 1 aromatic heterocycles. The molecule has 2 N–H and O–H groups in total. The molecule has 2 heterocycles. The minimum atomic E-state index is -0.726. The number of benzene rings is 1. The maximum absolute atomic E-state index is 12.5. The molecule has 8 nitrogen and oxygen atoms in total. The lowest BCUT2D eigenvalue weighted by molar-refractivity contribution is -0.156. The summed E-state index contributed by atoms with van der Waals surface area (Å²) in [6.07, 6.45) is 3.84. The van der Waals surface area contributed by atoms with Gasteiger partial charge in [0.05, 0.1) is 18.6 Å². The van der Waals surface area contributed by atoms with Gasteiger partial charge in [-0.25, -0.2) is 9.83 Å². The quantitative estimate of drug-likeness (QED) is 0.266. The van der Waals surface area contributed by atoms with Crippen LogP contribution in [0.2, 0.25) is 0 Å². The zero-order valence-corrected chi connectivity index (χ0v) is 22.9. The molecule has 1 aromatic carbocycles. The summed E-state index contributed by atoms with van der Waals surface area (Å²) >= 11 is 1.16. The van der Waals surface area contributed by atoms with Gasteiger partial charge in [-0.3, -0.25) is 9.59 Å². The highest BCUT2D eigenvalue weighted by Crippen LogP contribution is 2.52. The minimum absolute atomic E-state index is 0.0674. The predicted molar refractivity (Wildman–Crippen MR) is 147 cm³/mol. The molecule has 2 atom stereocenters. The molecule has 2 aliphatic rings. The number of nitrogens with two attached hydrogens (primary N) is 1. The Kier molecular flexibility index (Phi) is 8.28. The second kappa shape index (κ2) is 11.4. The molecule has 0 bridgehead atoms. The van der Waals surface area contributed by atoms with Gasteiger partial charge in [-0.2, -0.15) is 5.26 Å². The van der Waals surface area contributed by atoms with Crippen molar-refractivity contribution < 1.29 is 14.3 Å². The van der Waals surface area contributed by atoms with Gasteiger partial charge >= 0.3 is 5.97 Å². The summed E-state index contributed by atoms with van der Waals surface area (Å²) in [6, 6.07) is 11.5. The van der Waals surface area contributed by atoms with Crippen molar-refractivity contribution >= 4 is 35.1 Å². The number of primary amides is 1. The van der Waals surface area contributed by atoms with Crippen LogP contribution in [0.3, 0.4) is 0 Å². The molecule has 1 aliphatic carbocycles. The van der Waals surface area contributed by atoms with Crippen molar-refractivity contribution in [1.82, 2.24) is 4.98 Å². The Hall–Kier alpha value is -3.56. The average Bonchev–Trinajstić information content (AvgIpc) is 3.71. The van der Waals surface area contributed by atoms with Gasteiger partial charge in [-0.1, -0.05) is 42.1 Å². The Morgan fingerprint density at radius 1 is 1.29 bits per heavy atom. The zero-order valence-electron chi connectivity index (χ0n) is 22.1. The predicted octanol–water partition coefficient (Wildman–Crippen LogP) is 5.65. The fraction of sp³-hybridized carbons (Fsp3) is 0.483. The summed E-state index contributed by atoms with van der Waals surface area (Å²) < 4.78 is 5.54. The Balaban J connectivity index is 1.71. The van der Waals surface area contributed by atoms with E-state index in [1.165, 1.54) is 0 Å². The fourth-order valence-electron chi connectivity index (χ4n) is 4.93. The second-order valence-electron chi connectivity index (χ2n) is 10.9. The third kappa shape index (κ3) is 6.46. The lowest BCUT2D eigenvalue weighted by Gasteiger charge is -2.35. The van der Waals surface area contributed by atoms with Crippen molar-refractivity contribution in [3.63, 3.8) is 0 Å². The van der Waals surface area contributed by atoms with Crippen molar-refractivity contribution in [2.75, 3.05) is 18.0 Å². The van der Waals surface area contributed by atoms with Gasteiger partial charge in [-0.15, -0.1) is 0 Å².